The van der Waals surface area contributed by atoms with Crippen LogP contribution in [0.4, 0.5) is 0 Å². The lowest BCUT2D eigenvalue weighted by Crippen LogP contribution is -2.37. The van der Waals surface area contributed by atoms with Crippen LogP contribution in [0.5, 0.6) is 0 Å². The second-order valence-electron chi connectivity index (χ2n) is 6.63. The van der Waals surface area contributed by atoms with Crippen molar-refractivity contribution >= 4 is 17.5 Å². The molecule has 0 aromatic carbocycles. The van der Waals surface area contributed by atoms with Crippen molar-refractivity contribution in [3.8, 4) is 0 Å². The number of carbonyl (C=O) groups excluding carboxylic acids is 1. The molecule has 21 heavy (non-hydrogen) atoms. The van der Waals surface area contributed by atoms with E-state index in [0.29, 0.717) is 17.4 Å². The van der Waals surface area contributed by atoms with Crippen molar-refractivity contribution < 1.29 is 4.79 Å². The molecule has 1 aliphatic carbocycles. The van der Waals surface area contributed by atoms with Gasteiger partial charge < -0.3 is 5.32 Å². The lowest BCUT2D eigenvalue weighted by molar-refractivity contribution is 0.0914. The summed E-state index contributed by atoms with van der Waals surface area (Å²) in [7, 11) is 0. The van der Waals surface area contributed by atoms with Crippen molar-refractivity contribution in [1.82, 2.24) is 15.3 Å². The van der Waals surface area contributed by atoms with Crippen LogP contribution in [0.1, 0.15) is 75.1 Å². The van der Waals surface area contributed by atoms with E-state index in [1.165, 1.54) is 38.3 Å². The minimum absolute atomic E-state index is 0.171. The summed E-state index contributed by atoms with van der Waals surface area (Å²) in [6.07, 6.45) is 7.65. The quantitative estimate of drug-likeness (QED) is 0.916. The van der Waals surface area contributed by atoms with Gasteiger partial charge in [-0.1, -0.05) is 51.6 Å². The standard InChI is InChI=1S/C16H24ClN3O/c1-11(2)14-18-9-12(17)13(20-14)15(21)19-10-16(3)7-5-4-6-8-16/h9,11H,4-8,10H2,1-3H3,(H,19,21). The number of hydrogen-bond donors (Lipinski definition) is 1. The number of hydrogen-bond acceptors (Lipinski definition) is 3. The van der Waals surface area contributed by atoms with E-state index in [2.05, 4.69) is 22.2 Å². The maximum Gasteiger partial charge on any atom is 0.271 e. The highest BCUT2D eigenvalue weighted by atomic mass is 35.5. The molecule has 1 aromatic rings. The van der Waals surface area contributed by atoms with Gasteiger partial charge in [0.15, 0.2) is 0 Å². The molecule has 0 aliphatic heterocycles. The van der Waals surface area contributed by atoms with Crippen molar-refractivity contribution in [1.29, 1.82) is 0 Å². The van der Waals surface area contributed by atoms with Crippen molar-refractivity contribution in [2.24, 2.45) is 5.41 Å². The normalized spacial score (nSPS) is 17.8. The van der Waals surface area contributed by atoms with Crippen molar-refractivity contribution in [2.75, 3.05) is 6.54 Å². The third-order valence-corrected chi connectivity index (χ3v) is 4.51. The molecule has 5 heteroatoms. The van der Waals surface area contributed by atoms with Crippen molar-refractivity contribution in [3.05, 3.63) is 22.7 Å². The van der Waals surface area contributed by atoms with Gasteiger partial charge in [-0.15, -0.1) is 0 Å². The molecule has 2 rings (SSSR count). The minimum Gasteiger partial charge on any atom is -0.350 e. The van der Waals surface area contributed by atoms with Gasteiger partial charge >= 0.3 is 0 Å². The summed E-state index contributed by atoms with van der Waals surface area (Å²) < 4.78 is 0. The van der Waals surface area contributed by atoms with Gasteiger partial charge in [-0.25, -0.2) is 9.97 Å². The van der Waals surface area contributed by atoms with Crippen molar-refractivity contribution in [2.45, 2.75) is 58.8 Å². The summed E-state index contributed by atoms with van der Waals surface area (Å²) >= 11 is 6.07. The number of rotatable bonds is 4. The molecule has 1 aromatic heterocycles. The summed E-state index contributed by atoms with van der Waals surface area (Å²) in [6.45, 7) is 6.92. The summed E-state index contributed by atoms with van der Waals surface area (Å²) in [5.41, 5.74) is 0.490. The van der Waals surface area contributed by atoms with E-state index < -0.39 is 0 Å². The fraction of sp³-hybridized carbons (Fsp3) is 0.688. The maximum atomic E-state index is 12.3. The molecule has 4 nitrogen and oxygen atoms in total. The number of nitrogens with zero attached hydrogens (tertiary/aromatic N) is 2. The summed E-state index contributed by atoms with van der Waals surface area (Å²) in [4.78, 5) is 20.8. The van der Waals surface area contributed by atoms with Gasteiger partial charge in [0.2, 0.25) is 0 Å². The molecule has 116 valence electrons. The van der Waals surface area contributed by atoms with Crippen LogP contribution in [0.15, 0.2) is 6.20 Å². The van der Waals surface area contributed by atoms with E-state index in [9.17, 15) is 4.79 Å². The summed E-state index contributed by atoms with van der Waals surface area (Å²) in [5.74, 6) is 0.620. The first-order chi connectivity index (χ1) is 9.91. The van der Waals surface area contributed by atoms with Crippen LogP contribution in [0.3, 0.4) is 0 Å². The molecule has 1 N–H and O–H groups in total. The van der Waals surface area contributed by atoms with E-state index in [1.54, 1.807) is 0 Å². The van der Waals surface area contributed by atoms with E-state index >= 15 is 0 Å². The SMILES string of the molecule is CC(C)c1ncc(Cl)c(C(=O)NCC2(C)CCCCC2)n1. The molecule has 0 atom stereocenters. The molecule has 0 bridgehead atoms. The number of nitrogens with one attached hydrogen (secondary N) is 1. The van der Waals surface area contributed by atoms with Crippen LogP contribution in [-0.4, -0.2) is 22.4 Å². The zero-order valence-corrected chi connectivity index (χ0v) is 13.8. The number of halogens is 1. The average Bonchev–Trinajstić information content (AvgIpc) is 2.46. The van der Waals surface area contributed by atoms with Gasteiger partial charge in [0, 0.05) is 12.5 Å². The average molecular weight is 310 g/mol. The predicted molar refractivity (Wildman–Crippen MR) is 84.7 cm³/mol. The smallest absolute Gasteiger partial charge is 0.271 e. The van der Waals surface area contributed by atoms with E-state index in [1.807, 2.05) is 13.8 Å². The molecule has 0 spiro atoms. The second-order valence-corrected chi connectivity index (χ2v) is 7.04. The first kappa shape index (κ1) is 16.2. The van der Waals surface area contributed by atoms with Crippen LogP contribution in [0.2, 0.25) is 5.02 Å². The molecule has 1 saturated carbocycles. The predicted octanol–water partition coefficient (Wildman–Crippen LogP) is 3.95. The highest BCUT2D eigenvalue weighted by Crippen LogP contribution is 2.35. The Morgan fingerprint density at radius 3 is 2.67 bits per heavy atom. The fourth-order valence-corrected chi connectivity index (χ4v) is 2.95. The van der Waals surface area contributed by atoms with E-state index in [4.69, 9.17) is 11.6 Å². The summed E-state index contributed by atoms with van der Waals surface area (Å²) in [6, 6.07) is 0. The van der Waals surface area contributed by atoms with Gasteiger partial charge in [-0.3, -0.25) is 4.79 Å². The molecular formula is C16H24ClN3O. The second kappa shape index (κ2) is 6.73. The van der Waals surface area contributed by atoms with Crippen LogP contribution in [0.25, 0.3) is 0 Å². The highest BCUT2D eigenvalue weighted by Gasteiger charge is 2.27. The van der Waals surface area contributed by atoms with E-state index in [0.717, 1.165) is 0 Å². The van der Waals surface area contributed by atoms with E-state index in [-0.39, 0.29) is 22.9 Å². The molecule has 1 aliphatic rings. The Bertz CT molecular complexity index is 510. The molecule has 1 heterocycles. The Labute approximate surface area is 131 Å². The van der Waals surface area contributed by atoms with Crippen molar-refractivity contribution in [3.63, 3.8) is 0 Å². The third kappa shape index (κ3) is 4.16. The monoisotopic (exact) mass is 309 g/mol. The van der Waals surface area contributed by atoms with Crippen LogP contribution >= 0.6 is 11.6 Å². The largest absolute Gasteiger partial charge is 0.350 e. The third-order valence-electron chi connectivity index (χ3n) is 4.23. The van der Waals surface area contributed by atoms with Crippen LogP contribution in [0, 0.1) is 5.41 Å². The maximum absolute atomic E-state index is 12.3. The minimum atomic E-state index is -0.198. The summed E-state index contributed by atoms with van der Waals surface area (Å²) in [5, 5.41) is 3.31. The number of amides is 1. The van der Waals surface area contributed by atoms with Gasteiger partial charge in [0.05, 0.1) is 11.2 Å². The van der Waals surface area contributed by atoms with Crippen LogP contribution in [-0.2, 0) is 0 Å². The van der Waals surface area contributed by atoms with Crippen LogP contribution < -0.4 is 5.32 Å². The highest BCUT2D eigenvalue weighted by molar-refractivity contribution is 6.33. The topological polar surface area (TPSA) is 54.9 Å². The number of carbonyl (C=O) groups is 1. The Morgan fingerprint density at radius 2 is 2.05 bits per heavy atom. The molecule has 0 unspecified atom stereocenters. The lowest BCUT2D eigenvalue weighted by atomic mass is 9.76. The Balaban J connectivity index is 2.04. The Kier molecular flexibility index (Phi) is 5.20. The van der Waals surface area contributed by atoms with Gasteiger partial charge in [0.25, 0.3) is 5.91 Å². The molecule has 1 fully saturated rings. The van der Waals surface area contributed by atoms with Gasteiger partial charge in [-0.05, 0) is 18.3 Å². The molecular weight excluding hydrogens is 286 g/mol. The molecule has 0 radical (unpaired) electrons. The Hall–Kier alpha value is -1.16. The van der Waals surface area contributed by atoms with Gasteiger partial charge in [-0.2, -0.15) is 0 Å². The zero-order chi connectivity index (χ0) is 15.5. The zero-order valence-electron chi connectivity index (χ0n) is 13.1. The Morgan fingerprint density at radius 1 is 1.38 bits per heavy atom. The first-order valence-corrected chi connectivity index (χ1v) is 8.10. The molecule has 0 saturated heterocycles. The number of aromatic nitrogens is 2. The molecule has 1 amide bonds. The fourth-order valence-electron chi connectivity index (χ4n) is 2.78. The first-order valence-electron chi connectivity index (χ1n) is 7.72. The lowest BCUT2D eigenvalue weighted by Gasteiger charge is -2.33. The van der Waals surface area contributed by atoms with Gasteiger partial charge in [0.1, 0.15) is 11.5 Å².